The molecule has 0 amide bonds. The molecule has 112 valence electrons. The highest BCUT2D eigenvalue weighted by Crippen LogP contribution is 2.35. The average molecular weight is 328 g/mol. The molecule has 0 heterocycles. The monoisotopic (exact) mass is 327 g/mol. The number of hydrogen-bond acceptors (Lipinski definition) is 2. The number of ether oxygens (including phenoxy) is 1. The van der Waals surface area contributed by atoms with E-state index in [1.807, 2.05) is 13.0 Å². The maximum absolute atomic E-state index is 13.6. The van der Waals surface area contributed by atoms with E-state index in [1.165, 1.54) is 12.1 Å². The lowest BCUT2D eigenvalue weighted by atomic mass is 9.97. The summed E-state index contributed by atoms with van der Waals surface area (Å²) in [6.45, 7) is 2.67. The smallest absolute Gasteiger partial charge is 0.124 e. The standard InChI is InChI=1S/C16H16Cl2FNO/c1-3-20-16(12-6-4-10(17)8-14(12)18)13-9-11(19)5-7-15(13)21-2/h4-9,16,20H,3H2,1-2H3. The molecule has 5 heteroatoms. The van der Waals surface area contributed by atoms with Gasteiger partial charge in [0.25, 0.3) is 0 Å². The van der Waals surface area contributed by atoms with Gasteiger partial charge >= 0.3 is 0 Å². The Hall–Kier alpha value is -1.29. The van der Waals surface area contributed by atoms with Crippen molar-refractivity contribution >= 4 is 23.2 Å². The van der Waals surface area contributed by atoms with Crippen LogP contribution in [0.1, 0.15) is 24.1 Å². The lowest BCUT2D eigenvalue weighted by molar-refractivity contribution is 0.402. The Morgan fingerprint density at radius 3 is 2.52 bits per heavy atom. The topological polar surface area (TPSA) is 21.3 Å². The van der Waals surface area contributed by atoms with E-state index in [4.69, 9.17) is 27.9 Å². The fourth-order valence-electron chi connectivity index (χ4n) is 2.26. The van der Waals surface area contributed by atoms with E-state index < -0.39 is 0 Å². The first-order chi connectivity index (χ1) is 10.1. The van der Waals surface area contributed by atoms with E-state index >= 15 is 0 Å². The van der Waals surface area contributed by atoms with Crippen molar-refractivity contribution in [1.29, 1.82) is 0 Å². The molecular formula is C16H16Cl2FNO. The van der Waals surface area contributed by atoms with E-state index in [2.05, 4.69) is 5.32 Å². The van der Waals surface area contributed by atoms with E-state index in [-0.39, 0.29) is 11.9 Å². The van der Waals surface area contributed by atoms with Crippen LogP contribution in [-0.4, -0.2) is 13.7 Å². The molecule has 0 fully saturated rings. The molecule has 1 unspecified atom stereocenters. The van der Waals surface area contributed by atoms with E-state index in [0.717, 1.165) is 5.56 Å². The zero-order valence-corrected chi connectivity index (χ0v) is 13.3. The summed E-state index contributed by atoms with van der Waals surface area (Å²) in [7, 11) is 1.56. The van der Waals surface area contributed by atoms with Crippen molar-refractivity contribution < 1.29 is 9.13 Å². The average Bonchev–Trinajstić information content (AvgIpc) is 2.45. The van der Waals surface area contributed by atoms with Gasteiger partial charge < -0.3 is 10.1 Å². The predicted molar refractivity (Wildman–Crippen MR) is 84.9 cm³/mol. The summed E-state index contributed by atoms with van der Waals surface area (Å²) in [6, 6.07) is 9.44. The van der Waals surface area contributed by atoms with Crippen LogP contribution in [0.5, 0.6) is 5.75 Å². The summed E-state index contributed by atoms with van der Waals surface area (Å²) in [4.78, 5) is 0. The number of halogens is 3. The molecule has 0 spiro atoms. The Labute approximate surface area is 133 Å². The molecule has 0 radical (unpaired) electrons. The van der Waals surface area contributed by atoms with Gasteiger partial charge in [0.2, 0.25) is 0 Å². The number of hydrogen-bond donors (Lipinski definition) is 1. The Bertz CT molecular complexity index is 634. The Morgan fingerprint density at radius 1 is 1.14 bits per heavy atom. The van der Waals surface area contributed by atoms with Gasteiger partial charge in [0.15, 0.2) is 0 Å². The van der Waals surface area contributed by atoms with Crippen molar-refractivity contribution in [1.82, 2.24) is 5.32 Å². The van der Waals surface area contributed by atoms with Crippen molar-refractivity contribution in [3.8, 4) is 5.75 Å². The van der Waals surface area contributed by atoms with Crippen molar-refractivity contribution in [2.45, 2.75) is 13.0 Å². The second-order valence-corrected chi connectivity index (χ2v) is 5.39. The maximum atomic E-state index is 13.6. The minimum Gasteiger partial charge on any atom is -0.496 e. The van der Waals surface area contributed by atoms with Gasteiger partial charge in [-0.25, -0.2) is 4.39 Å². The predicted octanol–water partition coefficient (Wildman–Crippen LogP) is 4.84. The fraction of sp³-hybridized carbons (Fsp3) is 0.250. The second-order valence-electron chi connectivity index (χ2n) is 4.54. The SMILES string of the molecule is CCNC(c1ccc(Cl)cc1Cl)c1cc(F)ccc1OC. The van der Waals surface area contributed by atoms with E-state index in [1.54, 1.807) is 25.3 Å². The number of benzene rings is 2. The maximum Gasteiger partial charge on any atom is 0.124 e. The molecule has 21 heavy (non-hydrogen) atoms. The van der Waals surface area contributed by atoms with E-state index in [0.29, 0.717) is 27.9 Å². The van der Waals surface area contributed by atoms with Crippen LogP contribution < -0.4 is 10.1 Å². The minimum atomic E-state index is -0.321. The molecule has 0 aliphatic rings. The van der Waals surface area contributed by atoms with Crippen LogP contribution in [0.25, 0.3) is 0 Å². The van der Waals surface area contributed by atoms with Gasteiger partial charge in [-0.1, -0.05) is 36.2 Å². The number of rotatable bonds is 5. The molecule has 0 aliphatic heterocycles. The Balaban J connectivity index is 2.55. The van der Waals surface area contributed by atoms with Crippen molar-refractivity contribution in [3.05, 3.63) is 63.4 Å². The zero-order valence-electron chi connectivity index (χ0n) is 11.8. The largest absolute Gasteiger partial charge is 0.496 e. The van der Waals surface area contributed by atoms with Gasteiger partial charge in [0.1, 0.15) is 11.6 Å². The highest BCUT2D eigenvalue weighted by Gasteiger charge is 2.20. The fourth-order valence-corrected chi connectivity index (χ4v) is 2.78. The third kappa shape index (κ3) is 3.67. The summed E-state index contributed by atoms with van der Waals surface area (Å²) in [5.41, 5.74) is 1.52. The molecule has 0 saturated heterocycles. The summed E-state index contributed by atoms with van der Waals surface area (Å²) in [5.74, 6) is 0.284. The molecule has 0 aliphatic carbocycles. The molecule has 2 aromatic carbocycles. The van der Waals surface area contributed by atoms with Crippen LogP contribution in [-0.2, 0) is 0 Å². The first-order valence-corrected chi connectivity index (χ1v) is 7.34. The van der Waals surface area contributed by atoms with Crippen LogP contribution in [0, 0.1) is 5.82 Å². The summed E-state index contributed by atoms with van der Waals surface area (Å²) < 4.78 is 19.0. The molecule has 1 atom stereocenters. The minimum absolute atomic E-state index is 0.273. The first kappa shape index (κ1) is 16.1. The normalized spacial score (nSPS) is 12.2. The van der Waals surface area contributed by atoms with Crippen LogP contribution in [0.2, 0.25) is 10.0 Å². The third-order valence-electron chi connectivity index (χ3n) is 3.18. The molecule has 1 N–H and O–H groups in total. The van der Waals surface area contributed by atoms with Crippen LogP contribution in [0.15, 0.2) is 36.4 Å². The Kier molecular flexibility index (Phi) is 5.45. The van der Waals surface area contributed by atoms with E-state index in [9.17, 15) is 4.39 Å². The molecule has 0 saturated carbocycles. The quantitative estimate of drug-likeness (QED) is 0.848. The van der Waals surface area contributed by atoms with Crippen molar-refractivity contribution in [2.24, 2.45) is 0 Å². The Morgan fingerprint density at radius 2 is 1.90 bits per heavy atom. The van der Waals surface area contributed by atoms with Crippen LogP contribution >= 0.6 is 23.2 Å². The summed E-state index contributed by atoms with van der Waals surface area (Å²) in [6.07, 6.45) is 0. The van der Waals surface area contributed by atoms with Gasteiger partial charge in [-0.05, 0) is 42.4 Å². The first-order valence-electron chi connectivity index (χ1n) is 6.58. The highest BCUT2D eigenvalue weighted by atomic mass is 35.5. The second kappa shape index (κ2) is 7.12. The van der Waals surface area contributed by atoms with Crippen LogP contribution in [0.3, 0.4) is 0 Å². The lowest BCUT2D eigenvalue weighted by Crippen LogP contribution is -2.23. The molecular weight excluding hydrogens is 312 g/mol. The molecule has 2 rings (SSSR count). The molecule has 0 bridgehead atoms. The number of nitrogens with one attached hydrogen (secondary N) is 1. The molecule has 2 aromatic rings. The van der Waals surface area contributed by atoms with Gasteiger partial charge in [-0.3, -0.25) is 0 Å². The third-order valence-corrected chi connectivity index (χ3v) is 3.75. The van der Waals surface area contributed by atoms with Gasteiger partial charge in [-0.2, -0.15) is 0 Å². The summed E-state index contributed by atoms with van der Waals surface area (Å²) in [5, 5.41) is 4.39. The van der Waals surface area contributed by atoms with Crippen molar-refractivity contribution in [3.63, 3.8) is 0 Å². The van der Waals surface area contributed by atoms with Gasteiger partial charge in [-0.15, -0.1) is 0 Å². The number of methoxy groups -OCH3 is 1. The van der Waals surface area contributed by atoms with Crippen LogP contribution in [0.4, 0.5) is 4.39 Å². The highest BCUT2D eigenvalue weighted by molar-refractivity contribution is 6.35. The van der Waals surface area contributed by atoms with Crippen molar-refractivity contribution in [2.75, 3.05) is 13.7 Å². The van der Waals surface area contributed by atoms with Gasteiger partial charge in [0.05, 0.1) is 13.2 Å². The van der Waals surface area contributed by atoms with Gasteiger partial charge in [0, 0.05) is 15.6 Å². The summed E-state index contributed by atoms with van der Waals surface area (Å²) >= 11 is 12.2. The zero-order chi connectivity index (χ0) is 15.4. The molecule has 0 aromatic heterocycles. The molecule has 2 nitrogen and oxygen atoms in total. The lowest BCUT2D eigenvalue weighted by Gasteiger charge is -2.22.